The van der Waals surface area contributed by atoms with E-state index in [-0.39, 0.29) is 18.5 Å². The van der Waals surface area contributed by atoms with Gasteiger partial charge in [-0.15, -0.1) is 0 Å². The second-order valence-corrected chi connectivity index (χ2v) is 5.56. The van der Waals surface area contributed by atoms with Gasteiger partial charge in [-0.05, 0) is 18.6 Å². The molecule has 0 fully saturated rings. The summed E-state index contributed by atoms with van der Waals surface area (Å²) in [6, 6.07) is 5.76. The van der Waals surface area contributed by atoms with Crippen LogP contribution in [0.4, 0.5) is 4.39 Å². The quantitative estimate of drug-likeness (QED) is 0.845. The van der Waals surface area contributed by atoms with Crippen LogP contribution in [0, 0.1) is 5.82 Å². The molecule has 1 N–H and O–H groups in total. The normalized spacial score (nSPS) is 13.4. The molecule has 1 rings (SSSR count). The van der Waals surface area contributed by atoms with E-state index in [1.807, 2.05) is 6.92 Å². The highest BCUT2D eigenvalue weighted by Crippen LogP contribution is 2.14. The van der Waals surface area contributed by atoms with Crippen LogP contribution in [0.3, 0.4) is 0 Å². The smallest absolute Gasteiger partial charge is 0.208 e. The van der Waals surface area contributed by atoms with E-state index < -0.39 is 10.0 Å². The highest BCUT2D eigenvalue weighted by Gasteiger charge is 2.11. The van der Waals surface area contributed by atoms with E-state index in [1.165, 1.54) is 12.1 Å². The third-order valence-electron chi connectivity index (χ3n) is 2.13. The summed E-state index contributed by atoms with van der Waals surface area (Å²) in [4.78, 5) is 0. The Morgan fingerprint density at radius 3 is 2.71 bits per heavy atom. The monoisotopic (exact) mass is 261 g/mol. The molecule has 0 amide bonds. The first-order valence-corrected chi connectivity index (χ1v) is 7.16. The van der Waals surface area contributed by atoms with Crippen molar-refractivity contribution < 1.29 is 17.5 Å². The van der Waals surface area contributed by atoms with Crippen LogP contribution in [-0.2, 0) is 10.0 Å². The summed E-state index contributed by atoms with van der Waals surface area (Å²) in [5, 5.41) is 0. The average molecular weight is 261 g/mol. The fourth-order valence-electron chi connectivity index (χ4n) is 1.25. The molecule has 6 heteroatoms. The first-order chi connectivity index (χ1) is 7.90. The van der Waals surface area contributed by atoms with Crippen molar-refractivity contribution in [2.24, 2.45) is 0 Å². The highest BCUT2D eigenvalue weighted by molar-refractivity contribution is 7.88. The van der Waals surface area contributed by atoms with E-state index in [0.29, 0.717) is 12.2 Å². The largest absolute Gasteiger partial charge is 0.489 e. The fourth-order valence-corrected chi connectivity index (χ4v) is 1.74. The molecule has 0 aliphatic carbocycles. The number of sulfonamides is 1. The highest BCUT2D eigenvalue weighted by atomic mass is 32.2. The predicted molar refractivity (Wildman–Crippen MR) is 64.0 cm³/mol. The van der Waals surface area contributed by atoms with Gasteiger partial charge in [0, 0.05) is 12.6 Å². The summed E-state index contributed by atoms with van der Waals surface area (Å²) in [6.07, 6.45) is 1.40. The Morgan fingerprint density at radius 1 is 1.47 bits per heavy atom. The zero-order valence-electron chi connectivity index (χ0n) is 9.81. The Balaban J connectivity index is 2.58. The molecule has 0 radical (unpaired) electrons. The number of rotatable bonds is 6. The maximum atomic E-state index is 12.9. The van der Waals surface area contributed by atoms with Gasteiger partial charge in [-0.2, -0.15) is 0 Å². The number of halogens is 1. The second-order valence-electron chi connectivity index (χ2n) is 3.73. The van der Waals surface area contributed by atoms with Crippen LogP contribution in [0.15, 0.2) is 24.3 Å². The standard InChI is InChI=1S/C11H16FNO3S/c1-3-10(8-13-17(2,14)15)16-11-6-4-5-9(12)7-11/h4-7,10,13H,3,8H2,1-2H3/t10-/m0/s1. The number of hydrogen-bond donors (Lipinski definition) is 1. The van der Waals surface area contributed by atoms with Gasteiger partial charge >= 0.3 is 0 Å². The van der Waals surface area contributed by atoms with Gasteiger partial charge in [0.15, 0.2) is 0 Å². The van der Waals surface area contributed by atoms with Crippen molar-refractivity contribution in [3.63, 3.8) is 0 Å². The van der Waals surface area contributed by atoms with Crippen LogP contribution in [0.2, 0.25) is 0 Å². The minimum Gasteiger partial charge on any atom is -0.489 e. The summed E-state index contributed by atoms with van der Waals surface area (Å²) in [5.74, 6) is 0.0144. The van der Waals surface area contributed by atoms with E-state index in [2.05, 4.69) is 4.72 Å². The molecule has 0 unspecified atom stereocenters. The molecule has 17 heavy (non-hydrogen) atoms. The van der Waals surface area contributed by atoms with Crippen molar-refractivity contribution in [2.75, 3.05) is 12.8 Å². The molecule has 4 nitrogen and oxygen atoms in total. The second kappa shape index (κ2) is 5.97. The van der Waals surface area contributed by atoms with E-state index in [9.17, 15) is 12.8 Å². The van der Waals surface area contributed by atoms with Gasteiger partial charge in [0.05, 0.1) is 6.26 Å². The Bertz CT molecular complexity index is 462. The van der Waals surface area contributed by atoms with E-state index >= 15 is 0 Å². The molecule has 0 heterocycles. The zero-order valence-corrected chi connectivity index (χ0v) is 10.6. The summed E-state index contributed by atoms with van der Waals surface area (Å²) in [7, 11) is -3.23. The predicted octanol–water partition coefficient (Wildman–Crippen LogP) is 1.53. The van der Waals surface area contributed by atoms with E-state index in [0.717, 1.165) is 6.26 Å². The van der Waals surface area contributed by atoms with Gasteiger partial charge in [0.1, 0.15) is 17.7 Å². The Kier molecular flexibility index (Phi) is 4.89. The molecule has 0 bridgehead atoms. The van der Waals surface area contributed by atoms with E-state index in [1.54, 1.807) is 12.1 Å². The third-order valence-corrected chi connectivity index (χ3v) is 2.82. The lowest BCUT2D eigenvalue weighted by Gasteiger charge is -2.17. The van der Waals surface area contributed by atoms with Gasteiger partial charge < -0.3 is 4.74 Å². The number of hydrogen-bond acceptors (Lipinski definition) is 3. The maximum absolute atomic E-state index is 12.9. The molecule has 0 saturated carbocycles. The topological polar surface area (TPSA) is 55.4 Å². The van der Waals surface area contributed by atoms with Crippen LogP contribution in [0.1, 0.15) is 13.3 Å². The Morgan fingerprint density at radius 2 is 2.18 bits per heavy atom. The molecular weight excluding hydrogens is 245 g/mol. The first kappa shape index (κ1) is 13.9. The lowest BCUT2D eigenvalue weighted by molar-refractivity contribution is 0.200. The van der Waals surface area contributed by atoms with Crippen LogP contribution < -0.4 is 9.46 Å². The molecule has 1 aromatic rings. The van der Waals surface area contributed by atoms with Crippen molar-refractivity contribution >= 4 is 10.0 Å². The van der Waals surface area contributed by atoms with Crippen molar-refractivity contribution in [3.05, 3.63) is 30.1 Å². The van der Waals surface area contributed by atoms with Gasteiger partial charge in [0.2, 0.25) is 10.0 Å². The van der Waals surface area contributed by atoms with Crippen LogP contribution in [0.25, 0.3) is 0 Å². The maximum Gasteiger partial charge on any atom is 0.208 e. The lowest BCUT2D eigenvalue weighted by Crippen LogP contribution is -2.34. The van der Waals surface area contributed by atoms with Crippen LogP contribution in [0.5, 0.6) is 5.75 Å². The summed E-state index contributed by atoms with van der Waals surface area (Å²) >= 11 is 0. The number of nitrogens with one attached hydrogen (secondary N) is 1. The van der Waals surface area contributed by atoms with Crippen LogP contribution >= 0.6 is 0 Å². The Labute approximate surface area is 101 Å². The minimum absolute atomic E-state index is 0.172. The zero-order chi connectivity index (χ0) is 12.9. The molecule has 96 valence electrons. The molecule has 0 aliphatic heterocycles. The van der Waals surface area contributed by atoms with Crippen molar-refractivity contribution in [2.45, 2.75) is 19.4 Å². The first-order valence-electron chi connectivity index (χ1n) is 5.27. The third kappa shape index (κ3) is 5.65. The minimum atomic E-state index is -3.23. The van der Waals surface area contributed by atoms with Gasteiger partial charge in [0.25, 0.3) is 0 Å². The van der Waals surface area contributed by atoms with Gasteiger partial charge in [-0.25, -0.2) is 17.5 Å². The molecule has 0 saturated heterocycles. The molecular formula is C11H16FNO3S. The van der Waals surface area contributed by atoms with Crippen LogP contribution in [-0.4, -0.2) is 27.3 Å². The molecule has 0 spiro atoms. The number of ether oxygens (including phenoxy) is 1. The summed E-state index contributed by atoms with van der Waals surface area (Å²) in [5.41, 5.74) is 0. The van der Waals surface area contributed by atoms with Gasteiger partial charge in [-0.1, -0.05) is 13.0 Å². The number of benzene rings is 1. The summed E-state index contributed by atoms with van der Waals surface area (Å²) < 4.78 is 42.6. The lowest BCUT2D eigenvalue weighted by atomic mass is 10.2. The molecule has 1 aromatic carbocycles. The van der Waals surface area contributed by atoms with Gasteiger partial charge in [-0.3, -0.25) is 0 Å². The molecule has 1 atom stereocenters. The van der Waals surface area contributed by atoms with Crippen molar-refractivity contribution in [3.8, 4) is 5.75 Å². The van der Waals surface area contributed by atoms with Crippen molar-refractivity contribution in [1.29, 1.82) is 0 Å². The average Bonchev–Trinajstić information content (AvgIpc) is 2.23. The Hall–Kier alpha value is -1.14. The van der Waals surface area contributed by atoms with E-state index in [4.69, 9.17) is 4.74 Å². The van der Waals surface area contributed by atoms with Crippen molar-refractivity contribution in [1.82, 2.24) is 4.72 Å². The fraction of sp³-hybridized carbons (Fsp3) is 0.455. The molecule has 0 aliphatic rings. The SMILES string of the molecule is CC[C@@H](CNS(C)(=O)=O)Oc1cccc(F)c1. The summed E-state index contributed by atoms with van der Waals surface area (Å²) in [6.45, 7) is 2.04. The molecule has 0 aromatic heterocycles.